The fourth-order valence-corrected chi connectivity index (χ4v) is 1.81. The molecule has 0 saturated carbocycles. The van der Waals surface area contributed by atoms with Crippen LogP contribution in [0.3, 0.4) is 0 Å². The number of nitro groups is 1. The maximum Gasteiger partial charge on any atom is 0.328 e. The summed E-state index contributed by atoms with van der Waals surface area (Å²) in [7, 11) is 0. The van der Waals surface area contributed by atoms with Gasteiger partial charge in [0.1, 0.15) is 18.1 Å². The topological polar surface area (TPSA) is 94.4 Å². The molecule has 8 heteroatoms. The Labute approximate surface area is 118 Å². The second-order valence-corrected chi connectivity index (χ2v) is 4.60. The molecule has 1 heterocycles. The molecule has 1 rings (SSSR count). The Morgan fingerprint density at radius 1 is 1.68 bits per heavy atom. The third-order valence-electron chi connectivity index (χ3n) is 2.43. The van der Waals surface area contributed by atoms with E-state index in [1.165, 1.54) is 0 Å². The van der Waals surface area contributed by atoms with E-state index in [1.54, 1.807) is 20.8 Å². The Hall–Kier alpha value is -1.70. The van der Waals surface area contributed by atoms with Crippen molar-refractivity contribution in [3.63, 3.8) is 0 Å². The minimum Gasteiger partial charge on any atom is -0.464 e. The molecule has 0 spiro atoms. The second kappa shape index (κ2) is 6.46. The Morgan fingerprint density at radius 3 is 2.84 bits per heavy atom. The molecule has 1 aromatic heterocycles. The fourth-order valence-electron chi connectivity index (χ4n) is 1.39. The Kier molecular flexibility index (Phi) is 5.22. The van der Waals surface area contributed by atoms with Gasteiger partial charge in [-0.15, -0.1) is 0 Å². The number of anilines is 1. The van der Waals surface area contributed by atoms with E-state index in [4.69, 9.17) is 4.74 Å². The molecule has 7 nitrogen and oxygen atoms in total. The number of hydrogen-bond acceptors (Lipinski definition) is 6. The van der Waals surface area contributed by atoms with E-state index in [0.717, 1.165) is 6.20 Å². The zero-order chi connectivity index (χ0) is 14.6. The van der Waals surface area contributed by atoms with Crippen LogP contribution in [0.4, 0.5) is 11.5 Å². The summed E-state index contributed by atoms with van der Waals surface area (Å²) in [5, 5.41) is 13.6. The molecule has 104 valence electrons. The first kappa shape index (κ1) is 15.4. The fraction of sp³-hybridized carbons (Fsp3) is 0.455. The molecule has 0 aliphatic rings. The van der Waals surface area contributed by atoms with E-state index in [1.807, 2.05) is 0 Å². The van der Waals surface area contributed by atoms with Crippen LogP contribution in [0.25, 0.3) is 0 Å². The number of ether oxygens (including phenoxy) is 1. The van der Waals surface area contributed by atoms with Crippen molar-refractivity contribution in [1.82, 2.24) is 4.98 Å². The van der Waals surface area contributed by atoms with E-state index in [-0.39, 0.29) is 5.69 Å². The average molecular weight is 332 g/mol. The molecule has 0 aromatic carbocycles. The molecule has 1 unspecified atom stereocenters. The highest BCUT2D eigenvalue weighted by molar-refractivity contribution is 9.10. The number of carbonyl (C=O) groups is 1. The van der Waals surface area contributed by atoms with Gasteiger partial charge in [0.25, 0.3) is 5.69 Å². The van der Waals surface area contributed by atoms with E-state index in [9.17, 15) is 14.9 Å². The van der Waals surface area contributed by atoms with Crippen LogP contribution >= 0.6 is 15.9 Å². The maximum atomic E-state index is 11.5. The third kappa shape index (κ3) is 3.63. The summed E-state index contributed by atoms with van der Waals surface area (Å²) in [6.07, 6.45) is 1.15. The predicted molar refractivity (Wildman–Crippen MR) is 73.0 cm³/mol. The Balaban J connectivity index is 2.95. The first-order valence-corrected chi connectivity index (χ1v) is 6.40. The first-order valence-electron chi connectivity index (χ1n) is 5.61. The second-order valence-electron chi connectivity index (χ2n) is 3.81. The van der Waals surface area contributed by atoms with Gasteiger partial charge in [-0.1, -0.05) is 0 Å². The van der Waals surface area contributed by atoms with Crippen molar-refractivity contribution in [2.24, 2.45) is 0 Å². The van der Waals surface area contributed by atoms with Crippen molar-refractivity contribution in [3.05, 3.63) is 26.3 Å². The monoisotopic (exact) mass is 331 g/mol. The normalized spacial score (nSPS) is 11.8. The zero-order valence-corrected chi connectivity index (χ0v) is 12.4. The summed E-state index contributed by atoms with van der Waals surface area (Å²) < 4.78 is 5.31. The van der Waals surface area contributed by atoms with Crippen LogP contribution in [0, 0.1) is 17.0 Å². The molecule has 1 aromatic rings. The summed E-state index contributed by atoms with van der Waals surface area (Å²) in [6, 6.07) is -0.593. The van der Waals surface area contributed by atoms with Crippen molar-refractivity contribution in [1.29, 1.82) is 0 Å². The summed E-state index contributed by atoms with van der Waals surface area (Å²) >= 11 is 3.23. The molecule has 0 saturated heterocycles. The highest BCUT2D eigenvalue weighted by Crippen LogP contribution is 2.30. The lowest BCUT2D eigenvalue weighted by Crippen LogP contribution is -2.28. The molecule has 0 aliphatic carbocycles. The van der Waals surface area contributed by atoms with Crippen LogP contribution < -0.4 is 5.32 Å². The van der Waals surface area contributed by atoms with Crippen molar-refractivity contribution in [3.8, 4) is 0 Å². The van der Waals surface area contributed by atoms with E-state index < -0.39 is 16.9 Å². The number of nitrogens with one attached hydrogen (secondary N) is 1. The molecular weight excluding hydrogens is 318 g/mol. The molecule has 19 heavy (non-hydrogen) atoms. The van der Waals surface area contributed by atoms with Gasteiger partial charge in [-0.25, -0.2) is 9.78 Å². The SMILES string of the molecule is CCOC(=O)C(C)Nc1ncc([N+](=O)[O-])c(C)c1Br. The van der Waals surface area contributed by atoms with Crippen LogP contribution in [0.15, 0.2) is 10.7 Å². The minimum absolute atomic E-state index is 0.0822. The lowest BCUT2D eigenvalue weighted by molar-refractivity contribution is -0.385. The number of nitrogens with zero attached hydrogens (tertiary/aromatic N) is 2. The number of aromatic nitrogens is 1. The first-order chi connectivity index (χ1) is 8.88. The number of hydrogen-bond donors (Lipinski definition) is 1. The minimum atomic E-state index is -0.593. The van der Waals surface area contributed by atoms with Gasteiger partial charge in [0.15, 0.2) is 0 Å². The van der Waals surface area contributed by atoms with E-state index in [0.29, 0.717) is 22.5 Å². The Bertz CT molecular complexity index is 507. The standard InChI is InChI=1S/C11H14BrN3O4/c1-4-19-11(16)7(3)14-10-9(12)6(2)8(5-13-10)15(17)18/h5,7H,4H2,1-3H3,(H,13,14). The van der Waals surface area contributed by atoms with Crippen LogP contribution in [-0.4, -0.2) is 28.5 Å². The number of esters is 1. The lowest BCUT2D eigenvalue weighted by atomic mass is 10.2. The van der Waals surface area contributed by atoms with Crippen LogP contribution in [0.1, 0.15) is 19.4 Å². The molecule has 0 amide bonds. The van der Waals surface area contributed by atoms with Crippen molar-refractivity contribution in [2.75, 3.05) is 11.9 Å². The highest BCUT2D eigenvalue weighted by atomic mass is 79.9. The molecule has 1 atom stereocenters. The van der Waals surface area contributed by atoms with Crippen molar-refractivity contribution < 1.29 is 14.5 Å². The van der Waals surface area contributed by atoms with Gasteiger partial charge in [-0.2, -0.15) is 0 Å². The smallest absolute Gasteiger partial charge is 0.328 e. The average Bonchev–Trinajstić information content (AvgIpc) is 2.34. The molecule has 0 aliphatic heterocycles. The predicted octanol–water partition coefficient (Wildman–Crippen LogP) is 2.42. The van der Waals surface area contributed by atoms with Crippen LogP contribution in [-0.2, 0) is 9.53 Å². The number of halogens is 1. The largest absolute Gasteiger partial charge is 0.464 e. The molecule has 0 radical (unpaired) electrons. The lowest BCUT2D eigenvalue weighted by Gasteiger charge is -2.14. The number of rotatable bonds is 5. The van der Waals surface area contributed by atoms with Gasteiger partial charge in [-0.3, -0.25) is 10.1 Å². The van der Waals surface area contributed by atoms with Gasteiger partial charge < -0.3 is 10.1 Å². The summed E-state index contributed by atoms with van der Waals surface area (Å²) in [6.45, 7) is 5.24. The molecule has 0 bridgehead atoms. The van der Waals surface area contributed by atoms with E-state index in [2.05, 4.69) is 26.2 Å². The van der Waals surface area contributed by atoms with Gasteiger partial charge in [0.05, 0.1) is 16.0 Å². The maximum absolute atomic E-state index is 11.5. The van der Waals surface area contributed by atoms with Gasteiger partial charge in [0.2, 0.25) is 0 Å². The highest BCUT2D eigenvalue weighted by Gasteiger charge is 2.20. The summed E-state index contributed by atoms with van der Waals surface area (Å²) in [5.74, 6) is -0.0455. The van der Waals surface area contributed by atoms with Crippen LogP contribution in [0.2, 0.25) is 0 Å². The zero-order valence-electron chi connectivity index (χ0n) is 10.8. The Morgan fingerprint density at radius 2 is 2.32 bits per heavy atom. The van der Waals surface area contributed by atoms with Crippen molar-refractivity contribution >= 4 is 33.4 Å². The molecule has 1 N–H and O–H groups in total. The van der Waals surface area contributed by atoms with Gasteiger partial charge in [-0.05, 0) is 36.7 Å². The third-order valence-corrected chi connectivity index (χ3v) is 3.40. The quantitative estimate of drug-likeness (QED) is 0.505. The molecule has 0 fully saturated rings. The number of carbonyl (C=O) groups excluding carboxylic acids is 1. The van der Waals surface area contributed by atoms with Gasteiger partial charge in [0, 0.05) is 5.56 Å². The van der Waals surface area contributed by atoms with Crippen molar-refractivity contribution in [2.45, 2.75) is 26.8 Å². The summed E-state index contributed by atoms with van der Waals surface area (Å²) in [5.41, 5.74) is 0.361. The van der Waals surface area contributed by atoms with Gasteiger partial charge >= 0.3 is 5.97 Å². The number of pyridine rings is 1. The summed E-state index contributed by atoms with van der Waals surface area (Å²) in [4.78, 5) is 25.7. The molecular formula is C11H14BrN3O4. The van der Waals surface area contributed by atoms with E-state index >= 15 is 0 Å². The van der Waals surface area contributed by atoms with Crippen LogP contribution in [0.5, 0.6) is 0 Å².